The zero-order valence-corrected chi connectivity index (χ0v) is 17.6. The number of aryl methyl sites for hydroxylation is 1. The number of anilines is 2. The molecule has 3 aromatic rings. The summed E-state index contributed by atoms with van der Waals surface area (Å²) < 4.78 is 3.53. The molecule has 5 nitrogen and oxygen atoms in total. The van der Waals surface area contributed by atoms with Crippen LogP contribution < -0.4 is 15.5 Å². The Morgan fingerprint density at radius 1 is 0.793 bits per heavy atom. The largest absolute Gasteiger partial charge is 0.368 e. The Bertz CT molecular complexity index is 993. The fourth-order valence-corrected chi connectivity index (χ4v) is 3.92. The van der Waals surface area contributed by atoms with Crippen molar-refractivity contribution in [1.29, 1.82) is 0 Å². The molecule has 0 aliphatic carbocycles. The van der Waals surface area contributed by atoms with Crippen LogP contribution in [0.15, 0.2) is 65.7 Å². The summed E-state index contributed by atoms with van der Waals surface area (Å²) in [6.45, 7) is 10.3. The van der Waals surface area contributed by atoms with Crippen molar-refractivity contribution in [1.82, 2.24) is 9.13 Å². The van der Waals surface area contributed by atoms with Gasteiger partial charge in [0.15, 0.2) is 0 Å². The highest BCUT2D eigenvalue weighted by molar-refractivity contribution is 5.54. The number of benzene rings is 2. The van der Waals surface area contributed by atoms with E-state index < -0.39 is 0 Å². The van der Waals surface area contributed by atoms with Crippen molar-refractivity contribution >= 4 is 11.4 Å². The van der Waals surface area contributed by atoms with Gasteiger partial charge in [-0.25, -0.2) is 4.79 Å². The minimum absolute atomic E-state index is 0.0267. The maximum atomic E-state index is 12.7. The van der Waals surface area contributed by atoms with E-state index >= 15 is 0 Å². The molecular formula is C24H30N4O. The SMILES string of the molecule is CCC(C)n1ccn(-c2ccc(N3CCN(c4ccc(C)cc4)CC3)cc2)c1=O. The first kappa shape index (κ1) is 19.4. The fourth-order valence-electron chi connectivity index (χ4n) is 3.92. The van der Waals surface area contributed by atoms with Gasteiger partial charge in [0.25, 0.3) is 0 Å². The summed E-state index contributed by atoms with van der Waals surface area (Å²) in [5.41, 5.74) is 4.76. The first-order valence-corrected chi connectivity index (χ1v) is 10.5. The molecule has 29 heavy (non-hydrogen) atoms. The van der Waals surface area contributed by atoms with Gasteiger partial charge in [0.2, 0.25) is 0 Å². The van der Waals surface area contributed by atoms with E-state index in [0.717, 1.165) is 38.3 Å². The summed E-state index contributed by atoms with van der Waals surface area (Å²) in [6.07, 6.45) is 4.69. The van der Waals surface area contributed by atoms with E-state index in [1.165, 1.54) is 16.9 Å². The van der Waals surface area contributed by atoms with Gasteiger partial charge in [-0.1, -0.05) is 24.6 Å². The van der Waals surface area contributed by atoms with Gasteiger partial charge in [-0.2, -0.15) is 0 Å². The highest BCUT2D eigenvalue weighted by Crippen LogP contribution is 2.22. The molecule has 0 radical (unpaired) electrons. The average molecular weight is 391 g/mol. The lowest BCUT2D eigenvalue weighted by Crippen LogP contribution is -2.46. The van der Waals surface area contributed by atoms with Crippen LogP contribution in [0.3, 0.4) is 0 Å². The summed E-state index contributed by atoms with van der Waals surface area (Å²) in [7, 11) is 0. The Morgan fingerprint density at radius 3 is 1.79 bits per heavy atom. The molecule has 152 valence electrons. The quantitative estimate of drug-likeness (QED) is 0.653. The standard InChI is InChI=1S/C24H30N4O/c1-4-20(3)27-17-18-28(24(27)29)23-11-9-22(10-12-23)26-15-13-25(14-16-26)21-7-5-19(2)6-8-21/h5-12,17-18,20H,4,13-16H2,1-3H3. The predicted molar refractivity (Wildman–Crippen MR) is 121 cm³/mol. The van der Waals surface area contributed by atoms with E-state index in [9.17, 15) is 4.79 Å². The molecule has 1 unspecified atom stereocenters. The van der Waals surface area contributed by atoms with E-state index in [0.29, 0.717) is 0 Å². The van der Waals surface area contributed by atoms with Crippen molar-refractivity contribution in [2.45, 2.75) is 33.2 Å². The zero-order valence-electron chi connectivity index (χ0n) is 17.6. The Kier molecular flexibility index (Phi) is 5.47. The first-order chi connectivity index (χ1) is 14.1. The second kappa shape index (κ2) is 8.19. The van der Waals surface area contributed by atoms with Crippen LogP contribution in [0, 0.1) is 6.92 Å². The van der Waals surface area contributed by atoms with E-state index in [-0.39, 0.29) is 11.7 Å². The van der Waals surface area contributed by atoms with E-state index in [1.807, 2.05) is 24.5 Å². The second-order valence-corrected chi connectivity index (χ2v) is 7.94. The lowest BCUT2D eigenvalue weighted by molar-refractivity contribution is 0.512. The van der Waals surface area contributed by atoms with E-state index in [2.05, 4.69) is 67.0 Å². The summed E-state index contributed by atoms with van der Waals surface area (Å²) in [5, 5.41) is 0. The van der Waals surface area contributed by atoms with Crippen molar-refractivity contribution in [3.63, 3.8) is 0 Å². The average Bonchev–Trinajstić information content (AvgIpc) is 3.15. The van der Waals surface area contributed by atoms with Crippen molar-refractivity contribution in [2.75, 3.05) is 36.0 Å². The van der Waals surface area contributed by atoms with E-state index in [4.69, 9.17) is 0 Å². The van der Waals surface area contributed by atoms with Crippen LogP contribution in [0.2, 0.25) is 0 Å². The molecule has 1 aromatic heterocycles. The predicted octanol–water partition coefficient (Wildman–Crippen LogP) is 4.25. The van der Waals surface area contributed by atoms with Crippen molar-refractivity contribution in [3.8, 4) is 5.69 Å². The number of imidazole rings is 1. The maximum Gasteiger partial charge on any atom is 0.332 e. The highest BCUT2D eigenvalue weighted by atomic mass is 16.1. The van der Waals surface area contributed by atoms with Crippen molar-refractivity contribution in [2.24, 2.45) is 0 Å². The lowest BCUT2D eigenvalue weighted by Gasteiger charge is -2.37. The normalized spacial score (nSPS) is 15.6. The third-order valence-corrected chi connectivity index (χ3v) is 6.04. The Hall–Kier alpha value is -2.95. The molecule has 4 rings (SSSR count). The summed E-state index contributed by atoms with van der Waals surface area (Å²) >= 11 is 0. The molecular weight excluding hydrogens is 360 g/mol. The van der Waals surface area contributed by atoms with Crippen molar-refractivity contribution < 1.29 is 0 Å². The van der Waals surface area contributed by atoms with Crippen LogP contribution in [-0.4, -0.2) is 35.3 Å². The van der Waals surface area contributed by atoms with Crippen LogP contribution >= 0.6 is 0 Å². The third-order valence-electron chi connectivity index (χ3n) is 6.04. The van der Waals surface area contributed by atoms with Crippen molar-refractivity contribution in [3.05, 3.63) is 77.0 Å². The monoisotopic (exact) mass is 390 g/mol. The second-order valence-electron chi connectivity index (χ2n) is 7.94. The molecule has 0 saturated carbocycles. The first-order valence-electron chi connectivity index (χ1n) is 10.5. The van der Waals surface area contributed by atoms with Crippen LogP contribution in [0.4, 0.5) is 11.4 Å². The molecule has 5 heteroatoms. The van der Waals surface area contributed by atoms with Crippen LogP contribution in [-0.2, 0) is 0 Å². The molecule has 2 aromatic carbocycles. The highest BCUT2D eigenvalue weighted by Gasteiger charge is 2.18. The van der Waals surface area contributed by atoms with Crippen LogP contribution in [0.5, 0.6) is 0 Å². The topological polar surface area (TPSA) is 33.4 Å². The minimum Gasteiger partial charge on any atom is -0.368 e. The number of hydrogen-bond donors (Lipinski definition) is 0. The minimum atomic E-state index is 0.0267. The summed E-state index contributed by atoms with van der Waals surface area (Å²) in [6, 6.07) is 17.3. The lowest BCUT2D eigenvalue weighted by atomic mass is 10.2. The number of aromatic nitrogens is 2. The van der Waals surface area contributed by atoms with Gasteiger partial charge in [0, 0.05) is 56.0 Å². The number of piperazine rings is 1. The van der Waals surface area contributed by atoms with Gasteiger partial charge in [0.1, 0.15) is 0 Å². The van der Waals surface area contributed by atoms with Crippen LogP contribution in [0.1, 0.15) is 31.9 Å². The third kappa shape index (κ3) is 3.95. The van der Waals surface area contributed by atoms with Gasteiger partial charge >= 0.3 is 5.69 Å². The molecule has 2 heterocycles. The van der Waals surface area contributed by atoms with Gasteiger partial charge < -0.3 is 9.80 Å². The molecule has 0 amide bonds. The number of rotatable bonds is 5. The van der Waals surface area contributed by atoms with Gasteiger partial charge in [0.05, 0.1) is 5.69 Å². The van der Waals surface area contributed by atoms with Gasteiger partial charge in [-0.3, -0.25) is 9.13 Å². The molecule has 1 atom stereocenters. The van der Waals surface area contributed by atoms with Crippen LogP contribution in [0.25, 0.3) is 5.69 Å². The van der Waals surface area contributed by atoms with Gasteiger partial charge in [-0.15, -0.1) is 0 Å². The maximum absolute atomic E-state index is 12.7. The zero-order chi connectivity index (χ0) is 20.4. The molecule has 0 spiro atoms. The molecule has 1 fully saturated rings. The smallest absolute Gasteiger partial charge is 0.332 e. The van der Waals surface area contributed by atoms with Gasteiger partial charge in [-0.05, 0) is 56.7 Å². The number of hydrogen-bond acceptors (Lipinski definition) is 3. The molecule has 0 bridgehead atoms. The Balaban J connectivity index is 1.43. The Morgan fingerprint density at radius 2 is 1.28 bits per heavy atom. The molecule has 0 N–H and O–H groups in total. The van der Waals surface area contributed by atoms with E-state index in [1.54, 1.807) is 9.13 Å². The summed E-state index contributed by atoms with van der Waals surface area (Å²) in [5.74, 6) is 0. The fraction of sp³-hybridized carbons (Fsp3) is 0.375. The molecule has 1 saturated heterocycles. The summed E-state index contributed by atoms with van der Waals surface area (Å²) in [4.78, 5) is 17.5. The molecule has 1 aliphatic rings. The number of nitrogens with zero attached hydrogens (tertiary/aromatic N) is 4. The Labute approximate surface area is 172 Å². The molecule has 1 aliphatic heterocycles.